The average Bonchev–Trinajstić information content (AvgIpc) is 2.52. The van der Waals surface area contributed by atoms with Crippen LogP contribution >= 0.6 is 0 Å². The lowest BCUT2D eigenvalue weighted by atomic mass is 9.66. The lowest BCUT2D eigenvalue weighted by molar-refractivity contribution is 0.0758. The van der Waals surface area contributed by atoms with E-state index in [4.69, 9.17) is 0 Å². The summed E-state index contributed by atoms with van der Waals surface area (Å²) < 4.78 is 27.7. The molecular formula is C18H22F2O. The second kappa shape index (κ2) is 5.86. The fourth-order valence-corrected chi connectivity index (χ4v) is 4.17. The molecule has 21 heavy (non-hydrogen) atoms. The predicted octanol–water partition coefficient (Wildman–Crippen LogP) is 5.06. The van der Waals surface area contributed by atoms with E-state index in [2.05, 4.69) is 0 Å². The fraction of sp³-hybridized carbons (Fsp3) is 0.611. The van der Waals surface area contributed by atoms with Crippen molar-refractivity contribution in [1.82, 2.24) is 0 Å². The Hall–Kier alpha value is -1.25. The van der Waals surface area contributed by atoms with Gasteiger partial charge in [-0.05, 0) is 49.7 Å². The van der Waals surface area contributed by atoms with Crippen LogP contribution in [0.1, 0.15) is 60.9 Å². The molecule has 114 valence electrons. The number of hydrogen-bond donors (Lipinski definition) is 0. The molecule has 0 amide bonds. The zero-order chi connectivity index (χ0) is 15.0. The highest BCUT2D eigenvalue weighted by Gasteiger charge is 2.36. The zero-order valence-corrected chi connectivity index (χ0v) is 12.5. The summed E-state index contributed by atoms with van der Waals surface area (Å²) in [6, 6.07) is 2.95. The van der Waals surface area contributed by atoms with Gasteiger partial charge < -0.3 is 0 Å². The lowest BCUT2D eigenvalue weighted by Gasteiger charge is -2.38. The minimum Gasteiger partial charge on any atom is -0.294 e. The molecule has 0 radical (unpaired) electrons. The maximum absolute atomic E-state index is 14.0. The Labute approximate surface area is 124 Å². The molecule has 3 atom stereocenters. The molecule has 0 spiro atoms. The molecular weight excluding hydrogens is 270 g/mol. The Morgan fingerprint density at radius 3 is 2.48 bits per heavy atom. The van der Waals surface area contributed by atoms with Gasteiger partial charge in [-0.3, -0.25) is 4.79 Å². The van der Waals surface area contributed by atoms with E-state index in [-0.39, 0.29) is 22.8 Å². The molecule has 2 saturated carbocycles. The number of carbonyl (C=O) groups is 1. The molecule has 0 saturated heterocycles. The van der Waals surface area contributed by atoms with Gasteiger partial charge >= 0.3 is 0 Å². The molecule has 2 aliphatic rings. The van der Waals surface area contributed by atoms with Gasteiger partial charge in [0.25, 0.3) is 0 Å². The Morgan fingerprint density at radius 2 is 1.71 bits per heavy atom. The number of hydrogen-bond acceptors (Lipinski definition) is 1. The third kappa shape index (κ3) is 2.75. The highest BCUT2D eigenvalue weighted by Crippen LogP contribution is 2.43. The van der Waals surface area contributed by atoms with E-state index in [1.54, 1.807) is 0 Å². The van der Waals surface area contributed by atoms with Gasteiger partial charge in [-0.2, -0.15) is 0 Å². The number of fused-ring (bicyclic) bond motifs is 1. The van der Waals surface area contributed by atoms with E-state index < -0.39 is 11.6 Å². The van der Waals surface area contributed by atoms with E-state index in [0.717, 1.165) is 25.2 Å². The van der Waals surface area contributed by atoms with Crippen molar-refractivity contribution in [2.45, 2.75) is 51.9 Å². The molecule has 0 N–H and O–H groups in total. The molecule has 0 aliphatic heterocycles. The van der Waals surface area contributed by atoms with Crippen molar-refractivity contribution >= 4 is 5.78 Å². The standard InChI is InChI=1S/C18H22F2O/c1-11-6-9-15(17(20)16(11)19)18(21)14-8-7-12-4-2-3-5-13(12)10-14/h6,9,12-14H,2-5,7-8,10H2,1H3. The van der Waals surface area contributed by atoms with Crippen molar-refractivity contribution < 1.29 is 13.6 Å². The van der Waals surface area contributed by atoms with Gasteiger partial charge in [0, 0.05) is 5.92 Å². The third-order valence-electron chi connectivity index (χ3n) is 5.45. The Balaban J connectivity index is 1.78. The van der Waals surface area contributed by atoms with Crippen molar-refractivity contribution in [2.75, 3.05) is 0 Å². The summed E-state index contributed by atoms with van der Waals surface area (Å²) in [5.74, 6) is -0.809. The van der Waals surface area contributed by atoms with Crippen LogP contribution in [0.15, 0.2) is 12.1 Å². The highest BCUT2D eigenvalue weighted by molar-refractivity contribution is 5.98. The smallest absolute Gasteiger partial charge is 0.169 e. The van der Waals surface area contributed by atoms with Crippen molar-refractivity contribution in [3.63, 3.8) is 0 Å². The largest absolute Gasteiger partial charge is 0.294 e. The van der Waals surface area contributed by atoms with Crippen LogP contribution < -0.4 is 0 Å². The molecule has 2 aliphatic carbocycles. The Bertz CT molecular complexity index is 552. The van der Waals surface area contributed by atoms with E-state index in [0.29, 0.717) is 5.92 Å². The first-order valence-corrected chi connectivity index (χ1v) is 8.06. The van der Waals surface area contributed by atoms with Crippen LogP contribution in [-0.2, 0) is 0 Å². The van der Waals surface area contributed by atoms with Crippen LogP contribution in [0.4, 0.5) is 8.78 Å². The third-order valence-corrected chi connectivity index (χ3v) is 5.45. The van der Waals surface area contributed by atoms with E-state index in [9.17, 15) is 13.6 Å². The van der Waals surface area contributed by atoms with Crippen molar-refractivity contribution in [1.29, 1.82) is 0 Å². The summed E-state index contributed by atoms with van der Waals surface area (Å²) in [5.41, 5.74) is 0.192. The first-order chi connectivity index (χ1) is 10.1. The number of Topliss-reactive ketones (excluding diaryl/α,β-unsaturated/α-hetero) is 1. The summed E-state index contributed by atoms with van der Waals surface area (Å²) in [7, 11) is 0. The van der Waals surface area contributed by atoms with Crippen molar-refractivity contribution in [2.24, 2.45) is 17.8 Å². The quantitative estimate of drug-likeness (QED) is 0.696. The minimum atomic E-state index is -0.967. The summed E-state index contributed by atoms with van der Waals surface area (Å²) >= 11 is 0. The van der Waals surface area contributed by atoms with Gasteiger partial charge in [-0.25, -0.2) is 8.78 Å². The summed E-state index contributed by atoms with van der Waals surface area (Å²) in [6.45, 7) is 1.51. The second-order valence-electron chi connectivity index (χ2n) is 6.74. The normalized spacial score (nSPS) is 29.0. The minimum absolute atomic E-state index is 0.0580. The molecule has 2 fully saturated rings. The van der Waals surface area contributed by atoms with Crippen LogP contribution in [0.2, 0.25) is 0 Å². The number of ketones is 1. The molecule has 1 aromatic carbocycles. The zero-order valence-electron chi connectivity index (χ0n) is 12.5. The van der Waals surface area contributed by atoms with Gasteiger partial charge in [0.2, 0.25) is 0 Å². The van der Waals surface area contributed by atoms with Gasteiger partial charge in [0.05, 0.1) is 5.56 Å². The molecule has 3 heteroatoms. The van der Waals surface area contributed by atoms with E-state index in [1.807, 2.05) is 0 Å². The SMILES string of the molecule is Cc1ccc(C(=O)C2CCC3CCCCC3C2)c(F)c1F. The van der Waals surface area contributed by atoms with Crippen LogP contribution in [-0.4, -0.2) is 5.78 Å². The number of aryl methyl sites for hydroxylation is 1. The monoisotopic (exact) mass is 292 g/mol. The van der Waals surface area contributed by atoms with Crippen LogP contribution in [0, 0.1) is 36.3 Å². The summed E-state index contributed by atoms with van der Waals surface area (Å²) in [6.07, 6.45) is 7.77. The molecule has 1 aromatic rings. The maximum Gasteiger partial charge on any atom is 0.169 e. The van der Waals surface area contributed by atoms with Gasteiger partial charge in [-0.1, -0.05) is 31.7 Å². The van der Waals surface area contributed by atoms with Gasteiger partial charge in [0.15, 0.2) is 17.4 Å². The molecule has 0 heterocycles. The first-order valence-electron chi connectivity index (χ1n) is 8.06. The number of carbonyl (C=O) groups excluding carboxylic acids is 1. The highest BCUT2D eigenvalue weighted by atomic mass is 19.2. The van der Waals surface area contributed by atoms with E-state index in [1.165, 1.54) is 44.7 Å². The topological polar surface area (TPSA) is 17.1 Å². The number of benzene rings is 1. The second-order valence-corrected chi connectivity index (χ2v) is 6.74. The van der Waals surface area contributed by atoms with Gasteiger partial charge in [-0.15, -0.1) is 0 Å². The summed E-state index contributed by atoms with van der Waals surface area (Å²) in [4.78, 5) is 12.6. The average molecular weight is 292 g/mol. The van der Waals surface area contributed by atoms with Gasteiger partial charge in [0.1, 0.15) is 0 Å². The van der Waals surface area contributed by atoms with Crippen LogP contribution in [0.5, 0.6) is 0 Å². The molecule has 3 rings (SSSR count). The Morgan fingerprint density at radius 1 is 1.00 bits per heavy atom. The van der Waals surface area contributed by atoms with Crippen molar-refractivity contribution in [3.8, 4) is 0 Å². The fourth-order valence-electron chi connectivity index (χ4n) is 4.17. The number of halogens is 2. The van der Waals surface area contributed by atoms with E-state index >= 15 is 0 Å². The summed E-state index contributed by atoms with van der Waals surface area (Å²) in [5, 5.41) is 0. The molecule has 3 unspecified atom stereocenters. The predicted molar refractivity (Wildman–Crippen MR) is 78.2 cm³/mol. The first kappa shape index (κ1) is 14.7. The molecule has 0 bridgehead atoms. The van der Waals surface area contributed by atoms with Crippen LogP contribution in [0.3, 0.4) is 0 Å². The van der Waals surface area contributed by atoms with Crippen LogP contribution in [0.25, 0.3) is 0 Å². The molecule has 1 nitrogen and oxygen atoms in total. The molecule has 0 aromatic heterocycles. The van der Waals surface area contributed by atoms with Crippen molar-refractivity contribution in [3.05, 3.63) is 34.9 Å². The maximum atomic E-state index is 14.0. The lowest BCUT2D eigenvalue weighted by Crippen LogP contribution is -2.31. The number of rotatable bonds is 2. The Kier molecular flexibility index (Phi) is 4.10.